The first-order valence-corrected chi connectivity index (χ1v) is 7.51. The average Bonchev–Trinajstić information content (AvgIpc) is 2.91. The molecule has 0 bridgehead atoms. The van der Waals surface area contributed by atoms with E-state index in [1.807, 2.05) is 19.4 Å². The summed E-state index contributed by atoms with van der Waals surface area (Å²) >= 11 is 0. The molecule has 5 heteroatoms. The number of likely N-dealkylation sites (tertiary alicyclic amines) is 1. The van der Waals surface area contributed by atoms with E-state index in [1.54, 1.807) is 0 Å². The minimum atomic E-state index is 0.498. The number of pyridine rings is 1. The fourth-order valence-electron chi connectivity index (χ4n) is 3.03. The molecule has 5 nitrogen and oxygen atoms in total. The number of rotatable bonds is 4. The summed E-state index contributed by atoms with van der Waals surface area (Å²) in [5, 5.41) is 8.89. The lowest BCUT2D eigenvalue weighted by atomic mass is 10.1. The lowest BCUT2D eigenvalue weighted by molar-refractivity contribution is 0.189. The minimum Gasteiger partial charge on any atom is -0.316 e. The summed E-state index contributed by atoms with van der Waals surface area (Å²) in [6.07, 6.45) is 6.25. The summed E-state index contributed by atoms with van der Waals surface area (Å²) in [5.41, 5.74) is 2.24. The number of aromatic nitrogens is 3. The lowest BCUT2D eigenvalue weighted by Gasteiger charge is -2.31. The van der Waals surface area contributed by atoms with E-state index in [2.05, 4.69) is 38.0 Å². The predicted molar refractivity (Wildman–Crippen MR) is 80.7 cm³/mol. The van der Waals surface area contributed by atoms with Crippen LogP contribution in [0.25, 0.3) is 11.0 Å². The largest absolute Gasteiger partial charge is 0.316 e. The fourth-order valence-corrected chi connectivity index (χ4v) is 3.03. The molecule has 0 spiro atoms. The number of nitrogens with zero attached hydrogens (tertiary/aromatic N) is 4. The summed E-state index contributed by atoms with van der Waals surface area (Å²) < 4.78 is 2.13. The van der Waals surface area contributed by atoms with Gasteiger partial charge in [-0.15, -0.1) is 0 Å². The van der Waals surface area contributed by atoms with E-state index in [1.165, 1.54) is 31.5 Å². The Kier molecular flexibility index (Phi) is 3.98. The van der Waals surface area contributed by atoms with E-state index in [9.17, 15) is 0 Å². The first kappa shape index (κ1) is 13.5. The molecular weight excluding hydrogens is 250 g/mol. The van der Waals surface area contributed by atoms with Crippen molar-refractivity contribution in [3.63, 3.8) is 0 Å². The topological polar surface area (TPSA) is 46.0 Å². The van der Waals surface area contributed by atoms with Crippen molar-refractivity contribution in [3.05, 3.63) is 24.0 Å². The second-order valence-corrected chi connectivity index (χ2v) is 5.54. The molecule has 20 heavy (non-hydrogen) atoms. The highest BCUT2D eigenvalue weighted by Crippen LogP contribution is 2.25. The third kappa shape index (κ3) is 2.55. The second kappa shape index (κ2) is 5.89. The van der Waals surface area contributed by atoms with Crippen LogP contribution in [0.3, 0.4) is 0 Å². The van der Waals surface area contributed by atoms with Gasteiger partial charge in [-0.1, -0.05) is 6.92 Å². The van der Waals surface area contributed by atoms with Crippen LogP contribution in [-0.2, 0) is 6.54 Å². The van der Waals surface area contributed by atoms with Gasteiger partial charge in [0.25, 0.3) is 0 Å². The maximum absolute atomic E-state index is 4.62. The van der Waals surface area contributed by atoms with Gasteiger partial charge in [-0.3, -0.25) is 0 Å². The Morgan fingerprint density at radius 1 is 1.30 bits per heavy atom. The van der Waals surface area contributed by atoms with Crippen molar-refractivity contribution in [1.82, 2.24) is 25.0 Å². The molecule has 0 unspecified atom stereocenters. The van der Waals surface area contributed by atoms with E-state index >= 15 is 0 Å². The third-order valence-electron chi connectivity index (χ3n) is 4.22. The first-order chi connectivity index (χ1) is 9.81. The van der Waals surface area contributed by atoms with Crippen molar-refractivity contribution in [3.8, 4) is 0 Å². The van der Waals surface area contributed by atoms with Crippen LogP contribution in [0.5, 0.6) is 0 Å². The Balaban J connectivity index is 1.82. The van der Waals surface area contributed by atoms with Gasteiger partial charge in [-0.2, -0.15) is 5.10 Å². The average molecular weight is 273 g/mol. The van der Waals surface area contributed by atoms with Crippen LogP contribution in [0.4, 0.5) is 0 Å². The van der Waals surface area contributed by atoms with Gasteiger partial charge >= 0.3 is 0 Å². The van der Waals surface area contributed by atoms with Crippen molar-refractivity contribution in [1.29, 1.82) is 0 Å². The minimum absolute atomic E-state index is 0.498. The molecule has 108 valence electrons. The van der Waals surface area contributed by atoms with Gasteiger partial charge < -0.3 is 10.2 Å². The molecule has 0 aromatic carbocycles. The Morgan fingerprint density at radius 2 is 2.10 bits per heavy atom. The Labute approximate surface area is 120 Å². The predicted octanol–water partition coefficient (Wildman–Crippen LogP) is 1.81. The smallest absolute Gasteiger partial charge is 0.157 e. The highest BCUT2D eigenvalue weighted by molar-refractivity contribution is 5.75. The third-order valence-corrected chi connectivity index (χ3v) is 4.22. The molecule has 3 rings (SSSR count). The van der Waals surface area contributed by atoms with Crippen molar-refractivity contribution in [2.45, 2.75) is 32.4 Å². The summed E-state index contributed by atoms with van der Waals surface area (Å²) in [6.45, 7) is 6.57. The SMILES string of the molecule is CCN1CCC(n2ncc3cc(CNC)cnc32)CC1. The fraction of sp³-hybridized carbons (Fsp3) is 0.600. The van der Waals surface area contributed by atoms with Gasteiger partial charge in [0.2, 0.25) is 0 Å². The highest BCUT2D eigenvalue weighted by Gasteiger charge is 2.21. The normalized spacial score (nSPS) is 17.9. The molecule has 2 aromatic heterocycles. The zero-order valence-electron chi connectivity index (χ0n) is 12.3. The first-order valence-electron chi connectivity index (χ1n) is 7.51. The molecule has 1 N–H and O–H groups in total. The molecule has 3 heterocycles. The van der Waals surface area contributed by atoms with E-state index in [0.29, 0.717) is 6.04 Å². The van der Waals surface area contributed by atoms with E-state index in [4.69, 9.17) is 0 Å². The van der Waals surface area contributed by atoms with Crippen molar-refractivity contribution in [2.75, 3.05) is 26.7 Å². The summed E-state index contributed by atoms with van der Waals surface area (Å²) in [6, 6.07) is 2.68. The van der Waals surface area contributed by atoms with E-state index in [-0.39, 0.29) is 0 Å². The molecule has 1 fully saturated rings. The van der Waals surface area contributed by atoms with Crippen LogP contribution in [0, 0.1) is 0 Å². The van der Waals surface area contributed by atoms with Gasteiger partial charge in [0.15, 0.2) is 5.65 Å². The number of piperidine rings is 1. The Bertz CT molecular complexity index is 569. The molecule has 0 amide bonds. The van der Waals surface area contributed by atoms with Crippen LogP contribution in [0.2, 0.25) is 0 Å². The Morgan fingerprint density at radius 3 is 2.80 bits per heavy atom. The molecule has 0 saturated carbocycles. The van der Waals surface area contributed by atoms with Gasteiger partial charge in [0.1, 0.15) is 0 Å². The van der Waals surface area contributed by atoms with Crippen LogP contribution in [-0.4, -0.2) is 46.3 Å². The molecule has 1 aliphatic heterocycles. The maximum Gasteiger partial charge on any atom is 0.157 e. The molecule has 1 aliphatic rings. The van der Waals surface area contributed by atoms with Crippen LogP contribution in [0.1, 0.15) is 31.4 Å². The quantitative estimate of drug-likeness (QED) is 0.923. The molecule has 0 aliphatic carbocycles. The number of hydrogen-bond acceptors (Lipinski definition) is 4. The molecule has 0 atom stereocenters. The number of hydrogen-bond donors (Lipinski definition) is 1. The Hall–Kier alpha value is -1.46. The van der Waals surface area contributed by atoms with Crippen LogP contribution >= 0.6 is 0 Å². The van der Waals surface area contributed by atoms with Gasteiger partial charge in [-0.05, 0) is 38.1 Å². The van der Waals surface area contributed by atoms with Gasteiger partial charge in [0, 0.05) is 31.2 Å². The van der Waals surface area contributed by atoms with E-state index < -0.39 is 0 Å². The number of fused-ring (bicyclic) bond motifs is 1. The van der Waals surface area contributed by atoms with Crippen LogP contribution in [0.15, 0.2) is 18.5 Å². The van der Waals surface area contributed by atoms with Crippen molar-refractivity contribution in [2.24, 2.45) is 0 Å². The second-order valence-electron chi connectivity index (χ2n) is 5.54. The van der Waals surface area contributed by atoms with Crippen LogP contribution < -0.4 is 5.32 Å². The van der Waals surface area contributed by atoms with Crippen molar-refractivity contribution >= 4 is 11.0 Å². The maximum atomic E-state index is 4.62. The monoisotopic (exact) mass is 273 g/mol. The van der Waals surface area contributed by atoms with Gasteiger partial charge in [-0.25, -0.2) is 9.67 Å². The zero-order valence-corrected chi connectivity index (χ0v) is 12.3. The number of nitrogens with one attached hydrogen (secondary N) is 1. The molecule has 0 radical (unpaired) electrons. The van der Waals surface area contributed by atoms with Gasteiger partial charge in [0.05, 0.1) is 12.2 Å². The summed E-state index contributed by atoms with van der Waals surface area (Å²) in [4.78, 5) is 7.12. The standard InChI is InChI=1S/C15H23N5/c1-3-19-6-4-14(5-7-19)20-15-13(11-18-20)8-12(9-16-2)10-17-15/h8,10-11,14,16H,3-7,9H2,1-2H3. The summed E-state index contributed by atoms with van der Waals surface area (Å²) in [5.74, 6) is 0. The zero-order chi connectivity index (χ0) is 13.9. The molecular formula is C15H23N5. The summed E-state index contributed by atoms with van der Waals surface area (Å²) in [7, 11) is 1.95. The van der Waals surface area contributed by atoms with Crippen molar-refractivity contribution < 1.29 is 0 Å². The highest BCUT2D eigenvalue weighted by atomic mass is 15.3. The molecule has 2 aromatic rings. The molecule has 1 saturated heterocycles. The lowest BCUT2D eigenvalue weighted by Crippen LogP contribution is -2.34. The van der Waals surface area contributed by atoms with E-state index in [0.717, 1.165) is 24.1 Å².